The second-order valence-electron chi connectivity index (χ2n) is 6.19. The first-order chi connectivity index (χ1) is 14.0. The van der Waals surface area contributed by atoms with Crippen molar-refractivity contribution in [1.82, 2.24) is 5.32 Å². The monoisotopic (exact) mass is 410 g/mol. The molecule has 0 unspecified atom stereocenters. The van der Waals surface area contributed by atoms with Crippen molar-refractivity contribution in [1.29, 1.82) is 0 Å². The van der Waals surface area contributed by atoms with Gasteiger partial charge in [0.25, 0.3) is 5.91 Å². The Bertz CT molecular complexity index is 989. The van der Waals surface area contributed by atoms with Crippen molar-refractivity contribution >= 4 is 28.2 Å². The molecule has 2 aromatic carbocycles. The third-order valence-electron chi connectivity index (χ3n) is 4.13. The molecule has 0 aliphatic rings. The molecule has 148 valence electrons. The van der Waals surface area contributed by atoms with Gasteiger partial charge in [-0.15, -0.1) is 0 Å². The number of amides is 1. The van der Waals surface area contributed by atoms with Crippen LogP contribution in [-0.2, 0) is 16.0 Å². The Balaban J connectivity index is 1.62. The van der Waals surface area contributed by atoms with Gasteiger partial charge in [0.1, 0.15) is 4.88 Å². The Labute approximate surface area is 171 Å². The lowest BCUT2D eigenvalue weighted by Gasteiger charge is -2.19. The topological polar surface area (TPSA) is 98.5 Å². The summed E-state index contributed by atoms with van der Waals surface area (Å²) in [5.41, 5.74) is 1.99. The van der Waals surface area contributed by atoms with Gasteiger partial charge in [-0.2, -0.15) is 0 Å². The average Bonchev–Trinajstić information content (AvgIpc) is 3.24. The lowest BCUT2D eigenvalue weighted by Crippen LogP contribution is -2.33. The van der Waals surface area contributed by atoms with E-state index >= 15 is 0 Å². The molecule has 1 heterocycles. The fourth-order valence-corrected chi connectivity index (χ4v) is 3.48. The zero-order valence-electron chi connectivity index (χ0n) is 15.3. The van der Waals surface area contributed by atoms with E-state index < -0.39 is 23.4 Å². The first-order valence-corrected chi connectivity index (χ1v) is 9.64. The summed E-state index contributed by atoms with van der Waals surface area (Å²) in [7, 11) is 0. The molecule has 3 aromatic rings. The quantitative estimate of drug-likeness (QED) is 0.345. The number of carbonyl (C=O) groups excluding carboxylic acids is 2. The minimum atomic E-state index is -0.766. The lowest BCUT2D eigenvalue weighted by molar-refractivity contribution is -0.380. The highest BCUT2D eigenvalue weighted by atomic mass is 32.1. The molecule has 0 fully saturated rings. The molecular formula is C21H18N2O5S. The molecular weight excluding hydrogens is 392 g/mol. The third kappa shape index (κ3) is 5.73. The van der Waals surface area contributed by atoms with Gasteiger partial charge in [-0.25, -0.2) is 4.79 Å². The van der Waals surface area contributed by atoms with Crippen molar-refractivity contribution in [2.45, 2.75) is 12.5 Å². The summed E-state index contributed by atoms with van der Waals surface area (Å²) in [6.07, 6.45) is 0.585. The van der Waals surface area contributed by atoms with Gasteiger partial charge < -0.3 is 10.1 Å². The van der Waals surface area contributed by atoms with Crippen LogP contribution >= 0.6 is 11.3 Å². The molecule has 0 aliphatic carbocycles. The summed E-state index contributed by atoms with van der Waals surface area (Å²) in [5.74, 6) is -1.22. The summed E-state index contributed by atoms with van der Waals surface area (Å²) >= 11 is 0.708. The second kappa shape index (κ2) is 9.61. The van der Waals surface area contributed by atoms with Crippen LogP contribution in [-0.4, -0.2) is 23.4 Å². The Morgan fingerprint density at radius 3 is 2.28 bits per heavy atom. The van der Waals surface area contributed by atoms with Gasteiger partial charge in [-0.1, -0.05) is 72.0 Å². The maximum Gasteiger partial charge on any atom is 0.349 e. The smallest absolute Gasteiger partial charge is 0.349 e. The number of nitro groups is 1. The summed E-state index contributed by atoms with van der Waals surface area (Å²) in [6.45, 7) is -0.470. The maximum absolute atomic E-state index is 12.4. The molecule has 0 aliphatic heterocycles. The Morgan fingerprint density at radius 1 is 1.00 bits per heavy atom. The van der Waals surface area contributed by atoms with Gasteiger partial charge in [0, 0.05) is 6.07 Å². The molecule has 7 nitrogen and oxygen atoms in total. The number of benzene rings is 2. The van der Waals surface area contributed by atoms with Gasteiger partial charge in [0.15, 0.2) is 6.61 Å². The third-order valence-corrected chi connectivity index (χ3v) is 5.14. The highest BCUT2D eigenvalue weighted by Crippen LogP contribution is 2.24. The fraction of sp³-hybridized carbons (Fsp3) is 0.143. The normalized spacial score (nSPS) is 11.4. The van der Waals surface area contributed by atoms with Gasteiger partial charge in [-0.3, -0.25) is 14.9 Å². The number of nitrogens with zero attached hydrogens (tertiary/aromatic N) is 1. The molecule has 1 aromatic heterocycles. The Kier molecular flexibility index (Phi) is 6.70. The van der Waals surface area contributed by atoms with Crippen LogP contribution in [0.4, 0.5) is 5.00 Å². The molecule has 0 radical (unpaired) electrons. The van der Waals surface area contributed by atoms with E-state index in [1.54, 1.807) is 0 Å². The van der Waals surface area contributed by atoms with Crippen LogP contribution in [0.5, 0.6) is 0 Å². The van der Waals surface area contributed by atoms with Gasteiger partial charge in [0.05, 0.1) is 11.0 Å². The summed E-state index contributed by atoms with van der Waals surface area (Å²) in [5, 5.41) is 13.4. The van der Waals surface area contributed by atoms with Crippen LogP contribution in [0.2, 0.25) is 0 Å². The predicted octanol–water partition coefficient (Wildman–Crippen LogP) is 3.91. The fourth-order valence-electron chi connectivity index (χ4n) is 2.76. The largest absolute Gasteiger partial charge is 0.451 e. The van der Waals surface area contributed by atoms with Crippen molar-refractivity contribution in [3.63, 3.8) is 0 Å². The van der Waals surface area contributed by atoms with E-state index in [1.807, 2.05) is 60.7 Å². The zero-order valence-corrected chi connectivity index (χ0v) is 16.1. The van der Waals surface area contributed by atoms with Gasteiger partial charge in [-0.05, 0) is 23.6 Å². The number of rotatable bonds is 8. The Hall–Kier alpha value is -3.52. The summed E-state index contributed by atoms with van der Waals surface area (Å²) in [6, 6.07) is 21.5. The van der Waals surface area contributed by atoms with Crippen molar-refractivity contribution in [3.8, 4) is 0 Å². The predicted molar refractivity (Wildman–Crippen MR) is 109 cm³/mol. The summed E-state index contributed by atoms with van der Waals surface area (Å²) in [4.78, 5) is 34.6. The Morgan fingerprint density at radius 2 is 1.66 bits per heavy atom. The average molecular weight is 410 g/mol. The van der Waals surface area contributed by atoms with E-state index in [2.05, 4.69) is 5.32 Å². The lowest BCUT2D eigenvalue weighted by atomic mass is 9.99. The number of ether oxygens (including phenoxy) is 1. The number of hydrogen-bond donors (Lipinski definition) is 1. The van der Waals surface area contributed by atoms with Crippen LogP contribution in [0.25, 0.3) is 0 Å². The van der Waals surface area contributed by atoms with Gasteiger partial charge >= 0.3 is 11.0 Å². The highest BCUT2D eigenvalue weighted by molar-refractivity contribution is 7.17. The number of nitrogens with one attached hydrogen (secondary N) is 1. The van der Waals surface area contributed by atoms with E-state index in [4.69, 9.17) is 4.74 Å². The van der Waals surface area contributed by atoms with Crippen LogP contribution in [0.15, 0.2) is 72.8 Å². The van der Waals surface area contributed by atoms with E-state index in [1.165, 1.54) is 12.1 Å². The van der Waals surface area contributed by atoms with E-state index in [9.17, 15) is 19.7 Å². The van der Waals surface area contributed by atoms with E-state index in [0.717, 1.165) is 11.1 Å². The standard InChI is InChI=1S/C21H18N2O5S/c24-19(14-28-21(25)18-11-12-20(29-18)23(26)27)22-17(16-9-5-2-6-10-16)13-15-7-3-1-4-8-15/h1-12,17H,13-14H2,(H,22,24)/t17-/m1/s1. The molecule has 8 heteroatoms. The van der Waals surface area contributed by atoms with Crippen LogP contribution in [0, 0.1) is 10.1 Å². The summed E-state index contributed by atoms with van der Waals surface area (Å²) < 4.78 is 5.01. The molecule has 0 saturated carbocycles. The first kappa shape index (κ1) is 20.2. The number of thiophene rings is 1. The van der Waals surface area contributed by atoms with Crippen molar-refractivity contribution in [2.24, 2.45) is 0 Å². The molecule has 1 amide bonds. The van der Waals surface area contributed by atoms with E-state index in [0.29, 0.717) is 17.8 Å². The van der Waals surface area contributed by atoms with Crippen molar-refractivity contribution in [3.05, 3.63) is 98.9 Å². The maximum atomic E-state index is 12.4. The minimum absolute atomic E-state index is 0.0772. The molecule has 0 saturated heterocycles. The highest BCUT2D eigenvalue weighted by Gasteiger charge is 2.19. The first-order valence-electron chi connectivity index (χ1n) is 8.82. The number of esters is 1. The van der Waals surface area contributed by atoms with Crippen LogP contribution in [0.3, 0.4) is 0 Å². The minimum Gasteiger partial charge on any atom is -0.451 e. The molecule has 0 spiro atoms. The van der Waals surface area contributed by atoms with Crippen LogP contribution in [0.1, 0.15) is 26.8 Å². The van der Waals surface area contributed by atoms with Gasteiger partial charge in [0.2, 0.25) is 0 Å². The zero-order chi connectivity index (χ0) is 20.6. The number of carbonyl (C=O) groups is 2. The molecule has 29 heavy (non-hydrogen) atoms. The van der Waals surface area contributed by atoms with Crippen molar-refractivity contribution in [2.75, 3.05) is 6.61 Å². The van der Waals surface area contributed by atoms with E-state index in [-0.39, 0.29) is 15.9 Å². The molecule has 0 bridgehead atoms. The second-order valence-corrected chi connectivity index (χ2v) is 7.25. The molecule has 1 N–H and O–H groups in total. The molecule has 3 rings (SSSR count). The SMILES string of the molecule is O=C(COC(=O)c1ccc([N+](=O)[O-])s1)N[C@H](Cc1ccccc1)c1ccccc1. The van der Waals surface area contributed by atoms with Crippen LogP contribution < -0.4 is 5.32 Å². The number of hydrogen-bond acceptors (Lipinski definition) is 6. The van der Waals surface area contributed by atoms with Crippen molar-refractivity contribution < 1.29 is 19.2 Å². The molecule has 1 atom stereocenters.